The van der Waals surface area contributed by atoms with Gasteiger partial charge >= 0.3 is 0 Å². The first-order valence-corrected chi connectivity index (χ1v) is 8.32. The predicted molar refractivity (Wildman–Crippen MR) is 117 cm³/mol. The molecule has 0 saturated carbocycles. The molecule has 142 valence electrons. The van der Waals surface area contributed by atoms with E-state index >= 15 is 0 Å². The van der Waals surface area contributed by atoms with Crippen LogP contribution in [-0.4, -0.2) is 38.6 Å². The minimum absolute atomic E-state index is 0. The highest BCUT2D eigenvalue weighted by atomic mass is 127. The molecule has 26 heavy (non-hydrogen) atoms. The fraction of sp³-hybridized carbons (Fsp3) is 0.368. The number of nitrogens with zero attached hydrogens (tertiary/aromatic N) is 3. The van der Waals surface area contributed by atoms with Crippen molar-refractivity contribution in [2.75, 3.05) is 32.6 Å². The van der Waals surface area contributed by atoms with Gasteiger partial charge in [0.15, 0.2) is 5.96 Å². The molecule has 0 radical (unpaired) electrons. The Morgan fingerprint density at radius 3 is 2.62 bits per heavy atom. The molecule has 2 aromatic rings. The molecule has 0 aliphatic heterocycles. The zero-order chi connectivity index (χ0) is 18.2. The number of rotatable bonds is 6. The Labute approximate surface area is 172 Å². The van der Waals surface area contributed by atoms with Crippen LogP contribution in [0.4, 0.5) is 10.2 Å². The number of aromatic nitrogens is 1. The number of guanidine groups is 1. The van der Waals surface area contributed by atoms with Gasteiger partial charge in [-0.1, -0.05) is 12.1 Å². The van der Waals surface area contributed by atoms with Crippen molar-refractivity contribution in [3.63, 3.8) is 0 Å². The van der Waals surface area contributed by atoms with E-state index in [1.54, 1.807) is 19.3 Å². The van der Waals surface area contributed by atoms with Crippen LogP contribution in [0.3, 0.4) is 0 Å². The topological polar surface area (TPSA) is 52.6 Å². The van der Waals surface area contributed by atoms with Gasteiger partial charge in [-0.3, -0.25) is 4.99 Å². The maximum Gasteiger partial charge on any atom is 0.191 e. The number of pyridine rings is 1. The molecule has 2 N–H and O–H groups in total. The molecule has 1 aromatic carbocycles. The van der Waals surface area contributed by atoms with Gasteiger partial charge in [0.2, 0.25) is 0 Å². The van der Waals surface area contributed by atoms with Gasteiger partial charge in [0, 0.05) is 46.0 Å². The lowest BCUT2D eigenvalue weighted by molar-refractivity contribution is 0.625. The molecule has 0 saturated heterocycles. The van der Waals surface area contributed by atoms with Crippen molar-refractivity contribution in [1.82, 2.24) is 15.6 Å². The van der Waals surface area contributed by atoms with Crippen LogP contribution >= 0.6 is 24.0 Å². The molecule has 0 amide bonds. The molecule has 0 spiro atoms. The Balaban J connectivity index is 0.00000338. The van der Waals surface area contributed by atoms with E-state index in [0.29, 0.717) is 6.54 Å². The molecular formula is C19H27FIN5. The van der Waals surface area contributed by atoms with Crippen LogP contribution in [0.1, 0.15) is 16.7 Å². The van der Waals surface area contributed by atoms with E-state index in [1.165, 1.54) is 6.07 Å². The Kier molecular flexibility index (Phi) is 9.32. The Morgan fingerprint density at radius 1 is 1.19 bits per heavy atom. The lowest BCUT2D eigenvalue weighted by atomic mass is 10.1. The number of benzene rings is 1. The van der Waals surface area contributed by atoms with Gasteiger partial charge in [0.25, 0.3) is 0 Å². The van der Waals surface area contributed by atoms with Crippen LogP contribution in [0.2, 0.25) is 0 Å². The molecule has 0 aliphatic carbocycles. The number of halogens is 2. The van der Waals surface area contributed by atoms with Gasteiger partial charge in [-0.25, -0.2) is 9.37 Å². The minimum atomic E-state index is -0.195. The number of hydrogen-bond acceptors (Lipinski definition) is 3. The Bertz CT molecular complexity index is 734. The summed E-state index contributed by atoms with van der Waals surface area (Å²) in [5, 5.41) is 6.59. The van der Waals surface area contributed by atoms with Crippen molar-refractivity contribution in [2.45, 2.75) is 19.9 Å². The highest BCUT2D eigenvalue weighted by molar-refractivity contribution is 14.0. The highest BCUT2D eigenvalue weighted by Gasteiger charge is 2.06. The number of aliphatic imine (C=N–C) groups is 1. The zero-order valence-corrected chi connectivity index (χ0v) is 18.0. The van der Waals surface area contributed by atoms with Crippen molar-refractivity contribution in [3.8, 4) is 0 Å². The number of anilines is 1. The maximum absolute atomic E-state index is 13.2. The van der Waals surface area contributed by atoms with Crippen LogP contribution in [0.25, 0.3) is 0 Å². The average molecular weight is 471 g/mol. The van der Waals surface area contributed by atoms with E-state index in [0.717, 1.165) is 41.4 Å². The zero-order valence-electron chi connectivity index (χ0n) is 15.7. The molecule has 0 fully saturated rings. The van der Waals surface area contributed by atoms with Crippen molar-refractivity contribution < 1.29 is 4.39 Å². The third-order valence-electron chi connectivity index (χ3n) is 3.95. The van der Waals surface area contributed by atoms with Gasteiger partial charge in [-0.2, -0.15) is 0 Å². The molecule has 1 aromatic heterocycles. The molecule has 2 rings (SSSR count). The monoisotopic (exact) mass is 471 g/mol. The van der Waals surface area contributed by atoms with Gasteiger partial charge in [-0.15, -0.1) is 24.0 Å². The van der Waals surface area contributed by atoms with Crippen LogP contribution in [0.5, 0.6) is 0 Å². The first kappa shape index (κ1) is 22.1. The fourth-order valence-corrected chi connectivity index (χ4v) is 2.63. The standard InChI is InChI=1S/C19H26FN5.HI/c1-14-12-17(20)8-7-15(14)9-11-23-19(21-2)24-13-16-6-5-10-22-18(16)25(3)4;/h5-8,10,12H,9,11,13H2,1-4H3,(H2,21,23,24);1H. The first-order chi connectivity index (χ1) is 12.0. The van der Waals surface area contributed by atoms with Gasteiger partial charge in [-0.05, 0) is 42.7 Å². The molecule has 7 heteroatoms. The van der Waals surface area contributed by atoms with Gasteiger partial charge < -0.3 is 15.5 Å². The summed E-state index contributed by atoms with van der Waals surface area (Å²) in [5.41, 5.74) is 3.20. The van der Waals surface area contributed by atoms with Crippen LogP contribution in [0, 0.1) is 12.7 Å². The second kappa shape index (κ2) is 10.9. The van der Waals surface area contributed by atoms with E-state index in [-0.39, 0.29) is 29.8 Å². The maximum atomic E-state index is 13.2. The van der Waals surface area contributed by atoms with E-state index < -0.39 is 0 Å². The molecule has 0 unspecified atom stereocenters. The third kappa shape index (κ3) is 6.44. The first-order valence-electron chi connectivity index (χ1n) is 8.32. The normalized spacial score (nSPS) is 10.9. The largest absolute Gasteiger partial charge is 0.362 e. The second-order valence-electron chi connectivity index (χ2n) is 6.05. The van der Waals surface area contributed by atoms with Crippen molar-refractivity contribution in [1.29, 1.82) is 0 Å². The smallest absolute Gasteiger partial charge is 0.191 e. The molecule has 0 bridgehead atoms. The number of hydrogen-bond donors (Lipinski definition) is 2. The number of aryl methyl sites for hydroxylation is 1. The van der Waals surface area contributed by atoms with Crippen LogP contribution in [-0.2, 0) is 13.0 Å². The molecule has 0 aliphatic rings. The quantitative estimate of drug-likeness (QED) is 0.386. The van der Waals surface area contributed by atoms with E-state index in [4.69, 9.17) is 0 Å². The molecule has 0 atom stereocenters. The van der Waals surface area contributed by atoms with E-state index in [2.05, 4.69) is 20.6 Å². The van der Waals surface area contributed by atoms with Crippen molar-refractivity contribution >= 4 is 35.8 Å². The molecule has 1 heterocycles. The predicted octanol–water partition coefficient (Wildman–Crippen LogP) is 3.12. The summed E-state index contributed by atoms with van der Waals surface area (Å²) in [6.07, 6.45) is 2.60. The van der Waals surface area contributed by atoms with Crippen molar-refractivity contribution in [2.24, 2.45) is 4.99 Å². The van der Waals surface area contributed by atoms with Crippen molar-refractivity contribution in [3.05, 3.63) is 59.0 Å². The SMILES string of the molecule is CN=C(NCCc1ccc(F)cc1C)NCc1cccnc1N(C)C.I. The number of nitrogens with one attached hydrogen (secondary N) is 2. The fourth-order valence-electron chi connectivity index (χ4n) is 2.63. The summed E-state index contributed by atoms with van der Waals surface area (Å²) in [6.45, 7) is 3.28. The Morgan fingerprint density at radius 2 is 1.96 bits per heavy atom. The van der Waals surface area contributed by atoms with Crippen LogP contribution in [0.15, 0.2) is 41.5 Å². The average Bonchev–Trinajstić information content (AvgIpc) is 2.59. The van der Waals surface area contributed by atoms with E-state index in [1.807, 2.05) is 44.1 Å². The minimum Gasteiger partial charge on any atom is -0.362 e. The molecule has 5 nitrogen and oxygen atoms in total. The molecular weight excluding hydrogens is 444 g/mol. The van der Waals surface area contributed by atoms with Gasteiger partial charge in [0.05, 0.1) is 0 Å². The summed E-state index contributed by atoms with van der Waals surface area (Å²) in [7, 11) is 5.70. The summed E-state index contributed by atoms with van der Waals surface area (Å²) in [6, 6.07) is 8.87. The lowest BCUT2D eigenvalue weighted by Crippen LogP contribution is -2.38. The Hall–Kier alpha value is -1.90. The summed E-state index contributed by atoms with van der Waals surface area (Å²) in [5.74, 6) is 1.47. The third-order valence-corrected chi connectivity index (χ3v) is 3.95. The highest BCUT2D eigenvalue weighted by Crippen LogP contribution is 2.13. The summed E-state index contributed by atoms with van der Waals surface area (Å²) in [4.78, 5) is 10.6. The second-order valence-corrected chi connectivity index (χ2v) is 6.05. The summed E-state index contributed by atoms with van der Waals surface area (Å²) >= 11 is 0. The lowest BCUT2D eigenvalue weighted by Gasteiger charge is -2.17. The van der Waals surface area contributed by atoms with Crippen LogP contribution < -0.4 is 15.5 Å². The van der Waals surface area contributed by atoms with E-state index in [9.17, 15) is 4.39 Å². The summed E-state index contributed by atoms with van der Waals surface area (Å²) < 4.78 is 13.2. The van der Waals surface area contributed by atoms with Gasteiger partial charge in [0.1, 0.15) is 11.6 Å².